The van der Waals surface area contributed by atoms with Gasteiger partial charge in [-0.3, -0.25) is 0 Å². The van der Waals surface area contributed by atoms with Gasteiger partial charge >= 0.3 is 0 Å². The van der Waals surface area contributed by atoms with E-state index >= 15 is 0 Å². The highest BCUT2D eigenvalue weighted by atomic mass is 16.3. The summed E-state index contributed by atoms with van der Waals surface area (Å²) in [5.74, 6) is 0.213. The minimum Gasteiger partial charge on any atom is -0.507 e. The Morgan fingerprint density at radius 1 is 0.508 bits per heavy atom. The molecule has 282 valence electrons. The number of phenols is 1. The van der Waals surface area contributed by atoms with E-state index in [1.165, 1.54) is 27.4 Å². The Bertz CT molecular complexity index is 3580. The van der Waals surface area contributed by atoms with Crippen LogP contribution < -0.4 is 0 Å². The summed E-state index contributed by atoms with van der Waals surface area (Å²) in [6, 6.07) is 57.1. The van der Waals surface area contributed by atoms with Crippen molar-refractivity contribution in [2.75, 3.05) is 0 Å². The van der Waals surface area contributed by atoms with E-state index in [9.17, 15) is 10.4 Å². The summed E-state index contributed by atoms with van der Waals surface area (Å²) < 4.78 is 11.0. The number of aromatic nitrogens is 2. The lowest BCUT2D eigenvalue weighted by molar-refractivity contribution is 0.477. The van der Waals surface area contributed by atoms with Crippen molar-refractivity contribution < 1.29 is 9.52 Å². The number of fused-ring (bicyclic) bond motifs is 9. The molecule has 5 nitrogen and oxygen atoms in total. The molecule has 5 heteroatoms. The van der Waals surface area contributed by atoms with Crippen molar-refractivity contribution in [1.29, 1.82) is 5.26 Å². The maximum absolute atomic E-state index is 11.4. The first-order chi connectivity index (χ1) is 28.6. The first kappa shape index (κ1) is 34.7. The molecule has 0 unspecified atom stereocenters. The molecule has 0 fully saturated rings. The molecule has 8 aromatic carbocycles. The molecule has 0 radical (unpaired) electrons. The van der Waals surface area contributed by atoms with Gasteiger partial charge in [0.25, 0.3) is 0 Å². The van der Waals surface area contributed by atoms with Crippen LogP contribution in [-0.2, 0) is 5.41 Å². The molecule has 0 atom stereocenters. The second kappa shape index (κ2) is 12.7. The van der Waals surface area contributed by atoms with Gasteiger partial charge in [0.2, 0.25) is 0 Å². The highest BCUT2D eigenvalue weighted by Crippen LogP contribution is 2.41. The van der Waals surface area contributed by atoms with E-state index in [-0.39, 0.29) is 11.2 Å². The Hall–Kier alpha value is -7.55. The van der Waals surface area contributed by atoms with Crippen molar-refractivity contribution in [2.24, 2.45) is 0 Å². The van der Waals surface area contributed by atoms with Crippen LogP contribution in [0.15, 0.2) is 162 Å². The lowest BCUT2D eigenvalue weighted by Gasteiger charge is -2.19. The average molecular weight is 762 g/mol. The van der Waals surface area contributed by atoms with Crippen molar-refractivity contribution in [2.45, 2.75) is 33.1 Å². The van der Waals surface area contributed by atoms with E-state index in [0.29, 0.717) is 5.56 Å². The lowest BCUT2D eigenvalue weighted by Crippen LogP contribution is -2.10. The van der Waals surface area contributed by atoms with E-state index in [0.717, 1.165) is 82.9 Å². The molecule has 0 spiro atoms. The minimum absolute atomic E-state index is 0.0462. The largest absolute Gasteiger partial charge is 0.507 e. The van der Waals surface area contributed by atoms with Crippen molar-refractivity contribution in [3.05, 3.63) is 174 Å². The Balaban J connectivity index is 1.03. The third-order valence-corrected chi connectivity index (χ3v) is 12.2. The molecule has 0 saturated carbocycles. The fraction of sp³-hybridized carbons (Fsp3) is 0.0926. The molecule has 0 aliphatic rings. The molecule has 0 amide bonds. The van der Waals surface area contributed by atoms with E-state index < -0.39 is 0 Å². The first-order valence-corrected chi connectivity index (χ1v) is 20.0. The SMILES string of the molecule is Cc1ccc(-c2ccc3oc4ccc(-n5c6ccccc6c6cc(C(C)(C)C)ccc65)cc4c3c2)cc1-c1cc(-n2c3ccccc3c3cc(C#N)ccc32)ccc1O. The monoisotopic (exact) mass is 761 g/mol. The molecule has 11 rings (SSSR count). The molecule has 11 aromatic rings. The number of rotatable bonds is 4. The number of furan rings is 1. The van der Waals surface area contributed by atoms with Crippen LogP contribution in [-0.4, -0.2) is 14.2 Å². The van der Waals surface area contributed by atoms with E-state index in [4.69, 9.17) is 4.42 Å². The first-order valence-electron chi connectivity index (χ1n) is 20.0. The van der Waals surface area contributed by atoms with Crippen molar-refractivity contribution in [1.82, 2.24) is 9.13 Å². The van der Waals surface area contributed by atoms with Crippen LogP contribution in [0.25, 0.3) is 99.2 Å². The van der Waals surface area contributed by atoms with Gasteiger partial charge in [-0.15, -0.1) is 0 Å². The third-order valence-electron chi connectivity index (χ3n) is 12.2. The van der Waals surface area contributed by atoms with Crippen LogP contribution in [0.4, 0.5) is 0 Å². The Kier molecular flexibility index (Phi) is 7.48. The molecule has 59 heavy (non-hydrogen) atoms. The fourth-order valence-electron chi connectivity index (χ4n) is 9.09. The van der Waals surface area contributed by atoms with Gasteiger partial charge in [0, 0.05) is 49.3 Å². The number of benzene rings is 8. The summed E-state index contributed by atoms with van der Waals surface area (Å²) >= 11 is 0. The smallest absolute Gasteiger partial charge is 0.135 e. The molecule has 3 heterocycles. The average Bonchev–Trinajstić information content (AvgIpc) is 3.90. The quantitative estimate of drug-likeness (QED) is 0.194. The third kappa shape index (κ3) is 5.37. The summed E-state index contributed by atoms with van der Waals surface area (Å²) in [4.78, 5) is 0. The predicted molar refractivity (Wildman–Crippen MR) is 243 cm³/mol. The van der Waals surface area contributed by atoms with Crippen LogP contribution in [0, 0.1) is 18.3 Å². The number of aromatic hydroxyl groups is 1. The molecule has 0 aliphatic heterocycles. The van der Waals surface area contributed by atoms with Gasteiger partial charge in [0.1, 0.15) is 16.9 Å². The van der Waals surface area contributed by atoms with Gasteiger partial charge in [-0.1, -0.05) is 81.4 Å². The number of hydrogen-bond donors (Lipinski definition) is 1. The van der Waals surface area contributed by atoms with Crippen LogP contribution in [0.2, 0.25) is 0 Å². The Labute approximate surface area is 341 Å². The van der Waals surface area contributed by atoms with Gasteiger partial charge in [-0.25, -0.2) is 0 Å². The molecule has 1 N–H and O–H groups in total. The summed E-state index contributed by atoms with van der Waals surface area (Å²) in [5.41, 5.74) is 14.9. The van der Waals surface area contributed by atoms with Crippen LogP contribution >= 0.6 is 0 Å². The maximum atomic E-state index is 11.4. The second-order valence-corrected chi connectivity index (χ2v) is 16.8. The van der Waals surface area contributed by atoms with E-state index in [2.05, 4.69) is 158 Å². The molecule has 0 saturated heterocycles. The topological polar surface area (TPSA) is 67.0 Å². The highest BCUT2D eigenvalue weighted by Gasteiger charge is 2.20. The Morgan fingerprint density at radius 3 is 1.80 bits per heavy atom. The summed E-state index contributed by atoms with van der Waals surface area (Å²) in [6.07, 6.45) is 0. The predicted octanol–water partition coefficient (Wildman–Crippen LogP) is 14.3. The zero-order valence-electron chi connectivity index (χ0n) is 33.2. The summed E-state index contributed by atoms with van der Waals surface area (Å²) in [7, 11) is 0. The van der Waals surface area contributed by atoms with Gasteiger partial charge in [-0.05, 0) is 137 Å². The minimum atomic E-state index is 0.0462. The lowest BCUT2D eigenvalue weighted by atomic mass is 9.86. The van der Waals surface area contributed by atoms with E-state index in [1.54, 1.807) is 6.07 Å². The molecule has 3 aromatic heterocycles. The zero-order chi connectivity index (χ0) is 40.2. The number of aryl methyl sites for hydroxylation is 1. The fourth-order valence-corrected chi connectivity index (χ4v) is 9.09. The van der Waals surface area contributed by atoms with Gasteiger partial charge < -0.3 is 18.7 Å². The Morgan fingerprint density at radius 2 is 1.08 bits per heavy atom. The number of nitriles is 1. The van der Waals surface area contributed by atoms with Gasteiger partial charge in [-0.2, -0.15) is 5.26 Å². The normalized spacial score (nSPS) is 12.1. The standard InChI is InChI=1S/C54H39N3O2/c1-32-13-15-34(26-41(32)44-29-37(18-22-51(44)58)56-47-11-7-5-9-39(47)42-25-33(31-55)14-20-49(42)56)35-16-23-52-45(27-35)46-30-38(19-24-53(46)59-52)57-48-12-8-6-10-40(48)43-28-36(54(2,3)4)17-21-50(43)57/h5-30,58H,1-4H3. The maximum Gasteiger partial charge on any atom is 0.135 e. The van der Waals surface area contributed by atoms with Gasteiger partial charge in [0.15, 0.2) is 0 Å². The molecular weight excluding hydrogens is 723 g/mol. The van der Waals surface area contributed by atoms with Crippen molar-refractivity contribution in [3.63, 3.8) is 0 Å². The van der Waals surface area contributed by atoms with Gasteiger partial charge in [0.05, 0.1) is 33.7 Å². The van der Waals surface area contributed by atoms with Crippen molar-refractivity contribution in [3.8, 4) is 45.4 Å². The van der Waals surface area contributed by atoms with Crippen LogP contribution in [0.5, 0.6) is 5.75 Å². The van der Waals surface area contributed by atoms with Crippen molar-refractivity contribution >= 4 is 65.6 Å². The molecular formula is C54H39N3O2. The van der Waals surface area contributed by atoms with Crippen LogP contribution in [0.3, 0.4) is 0 Å². The number of para-hydroxylation sites is 2. The molecule has 0 bridgehead atoms. The second-order valence-electron chi connectivity index (χ2n) is 16.8. The summed E-state index contributed by atoms with van der Waals surface area (Å²) in [5, 5.41) is 27.8. The number of phenolic OH excluding ortho intramolecular Hbond substituents is 1. The number of hydrogen-bond acceptors (Lipinski definition) is 3. The number of nitrogens with zero attached hydrogens (tertiary/aromatic N) is 3. The highest BCUT2D eigenvalue weighted by molar-refractivity contribution is 6.12. The molecule has 0 aliphatic carbocycles. The van der Waals surface area contributed by atoms with Crippen LogP contribution in [0.1, 0.15) is 37.5 Å². The van der Waals surface area contributed by atoms with E-state index in [1.807, 2.05) is 36.4 Å². The zero-order valence-corrected chi connectivity index (χ0v) is 33.2. The summed E-state index contributed by atoms with van der Waals surface area (Å²) in [6.45, 7) is 8.88.